The maximum absolute atomic E-state index is 9.26. The van der Waals surface area contributed by atoms with Gasteiger partial charge < -0.3 is 10.8 Å². The lowest BCUT2D eigenvalue weighted by Crippen LogP contribution is -2.31. The van der Waals surface area contributed by atoms with E-state index >= 15 is 0 Å². The van der Waals surface area contributed by atoms with Crippen LogP contribution in [0.5, 0.6) is 0 Å². The van der Waals surface area contributed by atoms with Crippen molar-refractivity contribution < 1.29 is 5.11 Å². The Balaban J connectivity index is 2.50. The first-order chi connectivity index (χ1) is 9.83. The number of hydrogen-bond donors (Lipinski definition) is 2. The van der Waals surface area contributed by atoms with Crippen LogP contribution in [-0.4, -0.2) is 18.3 Å². The molecule has 0 bridgehead atoms. The molecule has 2 aromatic rings. The highest BCUT2D eigenvalue weighted by molar-refractivity contribution is 5.39. The van der Waals surface area contributed by atoms with E-state index in [9.17, 15) is 5.11 Å². The van der Waals surface area contributed by atoms with Crippen LogP contribution < -0.4 is 5.73 Å². The molecule has 0 aromatic heterocycles. The van der Waals surface area contributed by atoms with Gasteiger partial charge in [0.15, 0.2) is 0 Å². The van der Waals surface area contributed by atoms with Crippen molar-refractivity contribution in [2.24, 2.45) is 5.73 Å². The Kier molecular flexibility index (Phi) is 5.33. The number of rotatable bonds is 7. The molecule has 0 aliphatic rings. The van der Waals surface area contributed by atoms with Crippen LogP contribution >= 0.6 is 0 Å². The number of benzene rings is 2. The van der Waals surface area contributed by atoms with Gasteiger partial charge in [-0.2, -0.15) is 0 Å². The molecule has 0 saturated carbocycles. The van der Waals surface area contributed by atoms with Crippen LogP contribution in [0.25, 0.3) is 0 Å². The molecule has 2 heteroatoms. The van der Waals surface area contributed by atoms with Crippen LogP contribution in [0.2, 0.25) is 0 Å². The predicted octanol–water partition coefficient (Wildman–Crippen LogP) is 3.09. The summed E-state index contributed by atoms with van der Waals surface area (Å²) >= 11 is 0. The van der Waals surface area contributed by atoms with Gasteiger partial charge in [0.1, 0.15) is 0 Å². The largest absolute Gasteiger partial charge is 0.396 e. The van der Waals surface area contributed by atoms with E-state index < -0.39 is 0 Å². The number of aliphatic hydroxyl groups excluding tert-OH is 1. The quantitative estimate of drug-likeness (QED) is 0.811. The molecular weight excluding hydrogens is 246 g/mol. The zero-order chi connectivity index (χ0) is 14.3. The van der Waals surface area contributed by atoms with E-state index in [1.54, 1.807) is 0 Å². The summed E-state index contributed by atoms with van der Waals surface area (Å²) in [4.78, 5) is 0. The van der Waals surface area contributed by atoms with Crippen LogP contribution in [0, 0.1) is 0 Å². The fraction of sp³-hybridized carbons (Fsp3) is 0.333. The molecule has 2 nitrogen and oxygen atoms in total. The molecule has 0 unspecified atom stereocenters. The molecule has 0 aliphatic heterocycles. The monoisotopic (exact) mass is 269 g/mol. The zero-order valence-electron chi connectivity index (χ0n) is 11.8. The van der Waals surface area contributed by atoms with E-state index in [4.69, 9.17) is 5.73 Å². The summed E-state index contributed by atoms with van der Waals surface area (Å²) in [7, 11) is 0. The summed E-state index contributed by atoms with van der Waals surface area (Å²) < 4.78 is 0. The Morgan fingerprint density at radius 2 is 1.30 bits per heavy atom. The summed E-state index contributed by atoms with van der Waals surface area (Å²) in [6.07, 6.45) is 2.58. The summed E-state index contributed by atoms with van der Waals surface area (Å²) in [5, 5.41) is 9.26. The maximum atomic E-state index is 9.26. The van der Waals surface area contributed by atoms with Gasteiger partial charge in [-0.25, -0.2) is 0 Å². The Morgan fingerprint density at radius 3 is 1.70 bits per heavy atom. The third kappa shape index (κ3) is 3.09. The van der Waals surface area contributed by atoms with Crippen LogP contribution in [0.1, 0.15) is 30.4 Å². The van der Waals surface area contributed by atoms with E-state index in [1.165, 1.54) is 11.1 Å². The first-order valence-electron chi connectivity index (χ1n) is 7.25. The molecule has 106 valence electrons. The fourth-order valence-electron chi connectivity index (χ4n) is 3.01. The number of aliphatic hydroxyl groups is 1. The molecule has 0 heterocycles. The molecule has 2 aromatic carbocycles. The van der Waals surface area contributed by atoms with Gasteiger partial charge in [0.05, 0.1) is 0 Å². The molecule has 0 aliphatic carbocycles. The fourth-order valence-corrected chi connectivity index (χ4v) is 3.01. The molecule has 2 rings (SSSR count). The zero-order valence-corrected chi connectivity index (χ0v) is 11.8. The van der Waals surface area contributed by atoms with Crippen LogP contribution in [0.4, 0.5) is 0 Å². The third-order valence-corrected chi connectivity index (χ3v) is 3.99. The first kappa shape index (κ1) is 14.8. The minimum Gasteiger partial charge on any atom is -0.396 e. The Morgan fingerprint density at radius 1 is 0.800 bits per heavy atom. The van der Waals surface area contributed by atoms with Gasteiger partial charge in [-0.3, -0.25) is 0 Å². The van der Waals surface area contributed by atoms with Gasteiger partial charge in [-0.05, 0) is 36.9 Å². The Labute approximate surface area is 121 Å². The Bertz CT molecular complexity index is 456. The lowest BCUT2D eigenvalue weighted by molar-refractivity contribution is 0.266. The van der Waals surface area contributed by atoms with Crippen molar-refractivity contribution in [1.82, 2.24) is 0 Å². The van der Waals surface area contributed by atoms with Gasteiger partial charge in [0.25, 0.3) is 0 Å². The molecule has 3 N–H and O–H groups in total. The van der Waals surface area contributed by atoms with Crippen molar-refractivity contribution in [1.29, 1.82) is 0 Å². The molecule has 0 saturated heterocycles. The van der Waals surface area contributed by atoms with Gasteiger partial charge in [-0.15, -0.1) is 0 Å². The highest BCUT2D eigenvalue weighted by atomic mass is 16.2. The highest BCUT2D eigenvalue weighted by Gasteiger charge is 2.32. The average molecular weight is 269 g/mol. The van der Waals surface area contributed by atoms with Crippen molar-refractivity contribution >= 4 is 0 Å². The molecule has 0 spiro atoms. The lowest BCUT2D eigenvalue weighted by atomic mass is 9.69. The van der Waals surface area contributed by atoms with Crippen molar-refractivity contribution in [3.05, 3.63) is 71.8 Å². The minimum absolute atomic E-state index is 0.0972. The first-order valence-corrected chi connectivity index (χ1v) is 7.25. The molecule has 0 atom stereocenters. The maximum Gasteiger partial charge on any atom is 0.0431 e. The van der Waals surface area contributed by atoms with Gasteiger partial charge in [0, 0.05) is 12.0 Å². The Hall–Kier alpha value is -1.64. The highest BCUT2D eigenvalue weighted by Crippen LogP contribution is 2.39. The number of hydrogen-bond acceptors (Lipinski definition) is 2. The van der Waals surface area contributed by atoms with Gasteiger partial charge >= 0.3 is 0 Å². The standard InChI is InChI=1S/C18H23NO/c19-14-13-18(12-7-15-20,16-8-3-1-4-9-16)17-10-5-2-6-11-17/h1-6,8-11,20H,7,12-15,19H2. The number of nitrogens with two attached hydrogens (primary N) is 1. The molecule has 0 amide bonds. The van der Waals surface area contributed by atoms with E-state index in [-0.39, 0.29) is 12.0 Å². The van der Waals surface area contributed by atoms with Crippen molar-refractivity contribution in [3.8, 4) is 0 Å². The summed E-state index contributed by atoms with van der Waals surface area (Å²) in [5.41, 5.74) is 8.37. The predicted molar refractivity (Wildman–Crippen MR) is 83.7 cm³/mol. The second kappa shape index (κ2) is 7.22. The lowest BCUT2D eigenvalue weighted by Gasteiger charge is -2.35. The van der Waals surface area contributed by atoms with Gasteiger partial charge in [-0.1, -0.05) is 60.7 Å². The molecule has 0 radical (unpaired) electrons. The van der Waals surface area contributed by atoms with E-state index in [0.29, 0.717) is 6.54 Å². The van der Waals surface area contributed by atoms with Crippen LogP contribution in [-0.2, 0) is 5.41 Å². The van der Waals surface area contributed by atoms with Gasteiger partial charge in [0.2, 0.25) is 0 Å². The van der Waals surface area contributed by atoms with Crippen LogP contribution in [0.3, 0.4) is 0 Å². The minimum atomic E-state index is -0.0972. The summed E-state index contributed by atoms with van der Waals surface area (Å²) in [5.74, 6) is 0. The second-order valence-electron chi connectivity index (χ2n) is 5.18. The van der Waals surface area contributed by atoms with Crippen molar-refractivity contribution in [3.63, 3.8) is 0 Å². The summed E-state index contributed by atoms with van der Waals surface area (Å²) in [6, 6.07) is 21.0. The molecule has 0 fully saturated rings. The molecular formula is C18H23NO. The smallest absolute Gasteiger partial charge is 0.0431 e. The van der Waals surface area contributed by atoms with E-state index in [1.807, 2.05) is 12.1 Å². The third-order valence-electron chi connectivity index (χ3n) is 3.99. The van der Waals surface area contributed by atoms with Crippen molar-refractivity contribution in [2.45, 2.75) is 24.7 Å². The SMILES string of the molecule is NCCC(CCCO)(c1ccccc1)c1ccccc1. The topological polar surface area (TPSA) is 46.2 Å². The van der Waals surface area contributed by atoms with Crippen molar-refractivity contribution in [2.75, 3.05) is 13.2 Å². The average Bonchev–Trinajstić information content (AvgIpc) is 2.53. The normalized spacial score (nSPS) is 11.5. The molecule has 20 heavy (non-hydrogen) atoms. The van der Waals surface area contributed by atoms with Crippen LogP contribution in [0.15, 0.2) is 60.7 Å². The van der Waals surface area contributed by atoms with E-state index in [2.05, 4.69) is 48.5 Å². The van der Waals surface area contributed by atoms with E-state index in [0.717, 1.165) is 19.3 Å². The second-order valence-corrected chi connectivity index (χ2v) is 5.18. The summed E-state index contributed by atoms with van der Waals surface area (Å²) in [6.45, 7) is 0.848.